The molecule has 2 aromatic rings. The lowest BCUT2D eigenvalue weighted by molar-refractivity contribution is 0.482. The first-order valence-corrected chi connectivity index (χ1v) is 6.66. The van der Waals surface area contributed by atoms with Crippen molar-refractivity contribution in [1.82, 2.24) is 0 Å². The van der Waals surface area contributed by atoms with Gasteiger partial charge in [0.1, 0.15) is 11.5 Å². The Kier molecular flexibility index (Phi) is 4.57. The van der Waals surface area contributed by atoms with Gasteiger partial charge in [0.15, 0.2) is 0 Å². The third-order valence-corrected chi connectivity index (χ3v) is 3.08. The van der Waals surface area contributed by atoms with Gasteiger partial charge in [0.05, 0.1) is 0 Å². The van der Waals surface area contributed by atoms with E-state index in [1.807, 2.05) is 36.4 Å². The van der Waals surface area contributed by atoms with E-state index < -0.39 is 0 Å². The number of hydrogen-bond acceptors (Lipinski definition) is 1. The standard InChI is InChI=1S/C20H18O/c1-5-15-9-16(6-2)12-19(11-15)21-20-13-17(7-3)10-18(8-4)14-20/h5-14H,1-4H2. The monoisotopic (exact) mass is 274 g/mol. The predicted octanol–water partition coefficient (Wildman–Crippen LogP) is 6.05. The average molecular weight is 274 g/mol. The van der Waals surface area contributed by atoms with Gasteiger partial charge in [-0.15, -0.1) is 0 Å². The molecule has 2 rings (SSSR count). The SMILES string of the molecule is C=Cc1cc(C=C)cc(Oc2cc(C=C)cc(C=C)c2)c1. The van der Waals surface area contributed by atoms with Gasteiger partial charge >= 0.3 is 0 Å². The summed E-state index contributed by atoms with van der Waals surface area (Å²) < 4.78 is 5.96. The second kappa shape index (κ2) is 6.58. The Bertz CT molecular complexity index is 594. The van der Waals surface area contributed by atoms with Crippen molar-refractivity contribution in [1.29, 1.82) is 0 Å². The summed E-state index contributed by atoms with van der Waals surface area (Å²) in [6.07, 6.45) is 7.15. The molecule has 0 spiro atoms. The van der Waals surface area contributed by atoms with Crippen molar-refractivity contribution in [2.75, 3.05) is 0 Å². The molecule has 21 heavy (non-hydrogen) atoms. The number of benzene rings is 2. The summed E-state index contributed by atoms with van der Waals surface area (Å²) >= 11 is 0. The van der Waals surface area contributed by atoms with E-state index in [1.54, 1.807) is 24.3 Å². The molecule has 0 aromatic heterocycles. The summed E-state index contributed by atoms with van der Waals surface area (Å²) in [5, 5.41) is 0. The minimum atomic E-state index is 0.749. The van der Waals surface area contributed by atoms with Crippen LogP contribution in [0.2, 0.25) is 0 Å². The van der Waals surface area contributed by atoms with E-state index in [9.17, 15) is 0 Å². The van der Waals surface area contributed by atoms with E-state index in [0.717, 1.165) is 33.8 Å². The van der Waals surface area contributed by atoms with Crippen LogP contribution in [0.25, 0.3) is 24.3 Å². The Morgan fingerprint density at radius 1 is 0.524 bits per heavy atom. The van der Waals surface area contributed by atoms with Gasteiger partial charge in [-0.1, -0.05) is 50.6 Å². The summed E-state index contributed by atoms with van der Waals surface area (Å²) in [5.74, 6) is 1.50. The lowest BCUT2D eigenvalue weighted by atomic mass is 10.1. The third kappa shape index (κ3) is 3.61. The highest BCUT2D eigenvalue weighted by Gasteiger charge is 2.03. The van der Waals surface area contributed by atoms with E-state index >= 15 is 0 Å². The van der Waals surface area contributed by atoms with E-state index in [1.165, 1.54) is 0 Å². The lowest BCUT2D eigenvalue weighted by Gasteiger charge is -2.10. The molecule has 1 nitrogen and oxygen atoms in total. The van der Waals surface area contributed by atoms with Crippen LogP contribution in [-0.4, -0.2) is 0 Å². The van der Waals surface area contributed by atoms with Crippen LogP contribution in [0.1, 0.15) is 22.3 Å². The fourth-order valence-corrected chi connectivity index (χ4v) is 2.02. The molecular weight excluding hydrogens is 256 g/mol. The maximum absolute atomic E-state index is 5.96. The maximum atomic E-state index is 5.96. The Morgan fingerprint density at radius 3 is 1.05 bits per heavy atom. The van der Waals surface area contributed by atoms with Gasteiger partial charge in [0.25, 0.3) is 0 Å². The lowest BCUT2D eigenvalue weighted by Crippen LogP contribution is -1.88. The summed E-state index contributed by atoms with van der Waals surface area (Å²) in [7, 11) is 0. The minimum absolute atomic E-state index is 0.749. The molecule has 0 aliphatic rings. The number of ether oxygens (including phenoxy) is 1. The maximum Gasteiger partial charge on any atom is 0.128 e. The van der Waals surface area contributed by atoms with Gasteiger partial charge in [-0.2, -0.15) is 0 Å². The van der Waals surface area contributed by atoms with Crippen molar-refractivity contribution in [3.63, 3.8) is 0 Å². The van der Waals surface area contributed by atoms with Gasteiger partial charge in [-0.25, -0.2) is 0 Å². The highest BCUT2D eigenvalue weighted by atomic mass is 16.5. The molecule has 0 aliphatic heterocycles. The zero-order valence-corrected chi connectivity index (χ0v) is 12.0. The molecule has 0 heterocycles. The summed E-state index contributed by atoms with van der Waals surface area (Å²) in [6.45, 7) is 15.2. The molecule has 2 aromatic carbocycles. The van der Waals surface area contributed by atoms with E-state index in [4.69, 9.17) is 4.74 Å². The molecule has 0 radical (unpaired) electrons. The molecule has 104 valence electrons. The zero-order valence-electron chi connectivity index (χ0n) is 12.0. The second-order valence-electron chi connectivity index (χ2n) is 4.59. The van der Waals surface area contributed by atoms with Gasteiger partial charge in [0, 0.05) is 0 Å². The van der Waals surface area contributed by atoms with Crippen LogP contribution in [0.3, 0.4) is 0 Å². The van der Waals surface area contributed by atoms with Crippen LogP contribution < -0.4 is 4.74 Å². The Morgan fingerprint density at radius 2 is 0.810 bits per heavy atom. The first-order valence-electron chi connectivity index (χ1n) is 6.66. The Labute approximate surface area is 126 Å². The molecule has 0 amide bonds. The molecular formula is C20H18O. The quantitative estimate of drug-likeness (QED) is 0.623. The smallest absolute Gasteiger partial charge is 0.128 e. The molecule has 0 saturated heterocycles. The topological polar surface area (TPSA) is 9.23 Å². The summed E-state index contributed by atoms with van der Waals surface area (Å²) in [6, 6.07) is 11.8. The van der Waals surface area contributed by atoms with Crippen molar-refractivity contribution < 1.29 is 4.74 Å². The first-order chi connectivity index (χ1) is 10.2. The molecule has 0 bridgehead atoms. The van der Waals surface area contributed by atoms with Crippen LogP contribution in [0.4, 0.5) is 0 Å². The normalized spacial score (nSPS) is 9.71. The van der Waals surface area contributed by atoms with Crippen molar-refractivity contribution in [2.24, 2.45) is 0 Å². The first kappa shape index (κ1) is 14.6. The number of hydrogen-bond donors (Lipinski definition) is 0. The average Bonchev–Trinajstić information content (AvgIpc) is 2.53. The van der Waals surface area contributed by atoms with E-state index in [-0.39, 0.29) is 0 Å². The van der Waals surface area contributed by atoms with Crippen molar-refractivity contribution in [3.8, 4) is 11.5 Å². The predicted molar refractivity (Wildman–Crippen MR) is 93.3 cm³/mol. The van der Waals surface area contributed by atoms with Crippen molar-refractivity contribution in [2.45, 2.75) is 0 Å². The zero-order chi connectivity index (χ0) is 15.2. The molecule has 0 saturated carbocycles. The van der Waals surface area contributed by atoms with Gasteiger partial charge < -0.3 is 4.74 Å². The molecule has 0 N–H and O–H groups in total. The highest BCUT2D eigenvalue weighted by molar-refractivity contribution is 5.61. The van der Waals surface area contributed by atoms with Crippen LogP contribution in [-0.2, 0) is 0 Å². The van der Waals surface area contributed by atoms with Crippen LogP contribution >= 0.6 is 0 Å². The minimum Gasteiger partial charge on any atom is -0.457 e. The van der Waals surface area contributed by atoms with E-state index in [2.05, 4.69) is 26.3 Å². The Balaban J connectivity index is 2.41. The van der Waals surface area contributed by atoms with Gasteiger partial charge in [0.2, 0.25) is 0 Å². The molecule has 0 unspecified atom stereocenters. The van der Waals surface area contributed by atoms with E-state index in [0.29, 0.717) is 0 Å². The molecule has 0 fully saturated rings. The summed E-state index contributed by atoms with van der Waals surface area (Å²) in [5.41, 5.74) is 3.97. The summed E-state index contributed by atoms with van der Waals surface area (Å²) in [4.78, 5) is 0. The van der Waals surface area contributed by atoms with Gasteiger partial charge in [-0.3, -0.25) is 0 Å². The van der Waals surface area contributed by atoms with Crippen LogP contribution in [0, 0.1) is 0 Å². The second-order valence-corrected chi connectivity index (χ2v) is 4.59. The fourth-order valence-electron chi connectivity index (χ4n) is 2.02. The van der Waals surface area contributed by atoms with Crippen LogP contribution in [0.15, 0.2) is 62.7 Å². The number of rotatable bonds is 6. The molecule has 0 atom stereocenters. The van der Waals surface area contributed by atoms with Crippen LogP contribution in [0.5, 0.6) is 11.5 Å². The highest BCUT2D eigenvalue weighted by Crippen LogP contribution is 2.27. The fraction of sp³-hybridized carbons (Fsp3) is 0. The van der Waals surface area contributed by atoms with Crippen molar-refractivity contribution >= 4 is 24.3 Å². The van der Waals surface area contributed by atoms with Gasteiger partial charge in [-0.05, 0) is 58.7 Å². The third-order valence-electron chi connectivity index (χ3n) is 3.08. The Hall–Kier alpha value is -2.80. The largest absolute Gasteiger partial charge is 0.457 e. The molecule has 0 aliphatic carbocycles. The molecule has 1 heteroatoms. The van der Waals surface area contributed by atoms with Crippen molar-refractivity contribution in [3.05, 3.63) is 85.0 Å².